The summed E-state index contributed by atoms with van der Waals surface area (Å²) in [5.41, 5.74) is 1.22. The van der Waals surface area contributed by atoms with Gasteiger partial charge in [-0.3, -0.25) is 4.79 Å². The van der Waals surface area contributed by atoms with Crippen LogP contribution >= 0.6 is 0 Å². The van der Waals surface area contributed by atoms with Gasteiger partial charge in [0.15, 0.2) is 0 Å². The molecule has 0 aromatic carbocycles. The van der Waals surface area contributed by atoms with Crippen molar-refractivity contribution in [1.82, 2.24) is 9.80 Å². The van der Waals surface area contributed by atoms with Crippen LogP contribution in [0.25, 0.3) is 0 Å². The van der Waals surface area contributed by atoms with Crippen molar-refractivity contribution in [3.05, 3.63) is 12.3 Å². The Morgan fingerprint density at radius 3 is 2.46 bits per heavy atom. The maximum absolute atomic E-state index is 10.4. The van der Waals surface area contributed by atoms with Gasteiger partial charge in [-0.1, -0.05) is 19.9 Å². The molecule has 1 heterocycles. The summed E-state index contributed by atoms with van der Waals surface area (Å²) < 4.78 is 0. The Balaban J connectivity index is 2.31. The molecule has 3 nitrogen and oxygen atoms in total. The minimum absolute atomic E-state index is 0.840. The van der Waals surface area contributed by atoms with Crippen LogP contribution in [0, 0.1) is 0 Å². The molecule has 1 fully saturated rings. The molecule has 0 bridgehead atoms. The molecule has 0 aromatic rings. The third kappa shape index (κ3) is 2.76. The van der Waals surface area contributed by atoms with Gasteiger partial charge in [0, 0.05) is 31.9 Å². The molecular formula is C10H18N2O. The van der Waals surface area contributed by atoms with Crippen molar-refractivity contribution < 1.29 is 4.79 Å². The van der Waals surface area contributed by atoms with Crippen molar-refractivity contribution in [2.24, 2.45) is 0 Å². The van der Waals surface area contributed by atoms with Gasteiger partial charge < -0.3 is 9.80 Å². The minimum atomic E-state index is 0.840. The molecule has 0 saturated carbocycles. The van der Waals surface area contributed by atoms with Crippen molar-refractivity contribution in [3.8, 4) is 0 Å². The van der Waals surface area contributed by atoms with Crippen LogP contribution in [0.4, 0.5) is 0 Å². The van der Waals surface area contributed by atoms with Crippen molar-refractivity contribution >= 4 is 6.41 Å². The van der Waals surface area contributed by atoms with Crippen LogP contribution in [0.2, 0.25) is 0 Å². The smallest absolute Gasteiger partial charge is 0.209 e. The van der Waals surface area contributed by atoms with Crippen molar-refractivity contribution in [1.29, 1.82) is 0 Å². The first kappa shape index (κ1) is 10.1. The number of hydrogen-bond donors (Lipinski definition) is 0. The van der Waals surface area contributed by atoms with Gasteiger partial charge in [-0.05, 0) is 6.42 Å². The second-order valence-corrected chi connectivity index (χ2v) is 3.44. The zero-order valence-corrected chi connectivity index (χ0v) is 8.33. The fraction of sp³-hybridized carbons (Fsp3) is 0.700. The van der Waals surface area contributed by atoms with E-state index < -0.39 is 0 Å². The molecule has 0 aliphatic carbocycles. The lowest BCUT2D eigenvalue weighted by Crippen LogP contribution is -2.44. The first-order chi connectivity index (χ1) is 6.27. The second-order valence-electron chi connectivity index (χ2n) is 3.44. The molecule has 1 saturated heterocycles. The lowest BCUT2D eigenvalue weighted by Gasteiger charge is -2.35. The first-order valence-corrected chi connectivity index (χ1v) is 4.90. The molecule has 0 N–H and O–H groups in total. The average Bonchev–Trinajstić information content (AvgIpc) is 2.18. The molecule has 0 radical (unpaired) electrons. The number of nitrogens with zero attached hydrogens (tertiary/aromatic N) is 2. The highest BCUT2D eigenvalue weighted by atomic mass is 16.1. The van der Waals surface area contributed by atoms with Crippen molar-refractivity contribution in [2.45, 2.75) is 19.8 Å². The van der Waals surface area contributed by atoms with Crippen LogP contribution in [-0.4, -0.2) is 42.4 Å². The third-order valence-corrected chi connectivity index (χ3v) is 2.45. The summed E-state index contributed by atoms with van der Waals surface area (Å²) in [6, 6.07) is 0. The normalized spacial score (nSPS) is 17.3. The molecule has 1 aliphatic rings. The van der Waals surface area contributed by atoms with E-state index in [1.165, 1.54) is 5.70 Å². The molecule has 0 aromatic heterocycles. The zero-order chi connectivity index (χ0) is 9.68. The molecule has 0 spiro atoms. The maximum atomic E-state index is 10.4. The van der Waals surface area contributed by atoms with E-state index in [2.05, 4.69) is 18.4 Å². The highest BCUT2D eigenvalue weighted by Gasteiger charge is 2.15. The van der Waals surface area contributed by atoms with Gasteiger partial charge >= 0.3 is 0 Å². The molecule has 3 heteroatoms. The van der Waals surface area contributed by atoms with Crippen LogP contribution in [0.1, 0.15) is 19.8 Å². The average molecular weight is 182 g/mol. The largest absolute Gasteiger partial charge is 0.372 e. The van der Waals surface area contributed by atoms with Crippen LogP contribution in [0.15, 0.2) is 12.3 Å². The highest BCUT2D eigenvalue weighted by molar-refractivity contribution is 5.47. The summed E-state index contributed by atoms with van der Waals surface area (Å²) in [6.45, 7) is 9.76. The third-order valence-electron chi connectivity index (χ3n) is 2.45. The lowest BCUT2D eigenvalue weighted by atomic mass is 10.2. The monoisotopic (exact) mass is 182 g/mol. The van der Waals surface area contributed by atoms with E-state index in [1.54, 1.807) is 0 Å². The van der Waals surface area contributed by atoms with Crippen LogP contribution in [0.5, 0.6) is 0 Å². The zero-order valence-electron chi connectivity index (χ0n) is 8.33. The number of allylic oxidation sites excluding steroid dienone is 1. The van der Waals surface area contributed by atoms with E-state index in [1.807, 2.05) is 4.90 Å². The van der Waals surface area contributed by atoms with Gasteiger partial charge in [-0.2, -0.15) is 0 Å². The number of carbonyl (C=O) groups excluding carboxylic acids is 1. The Hall–Kier alpha value is -0.990. The molecule has 1 aliphatic heterocycles. The second kappa shape index (κ2) is 4.90. The molecule has 0 atom stereocenters. The SMILES string of the molecule is C=C(CCC)N1CCN(C=O)CC1. The lowest BCUT2D eigenvalue weighted by molar-refractivity contribution is -0.119. The van der Waals surface area contributed by atoms with E-state index in [4.69, 9.17) is 0 Å². The Morgan fingerprint density at radius 2 is 2.00 bits per heavy atom. The molecule has 74 valence electrons. The van der Waals surface area contributed by atoms with Crippen LogP contribution in [-0.2, 0) is 4.79 Å². The Kier molecular flexibility index (Phi) is 3.80. The predicted molar refractivity (Wildman–Crippen MR) is 53.3 cm³/mol. The van der Waals surface area contributed by atoms with E-state index in [0.717, 1.165) is 45.4 Å². The Labute approximate surface area is 80.0 Å². The standard InChI is InChI=1S/C10H18N2O/c1-3-4-10(2)12-7-5-11(9-13)6-8-12/h9H,2-8H2,1H3. The van der Waals surface area contributed by atoms with E-state index in [-0.39, 0.29) is 0 Å². The van der Waals surface area contributed by atoms with Crippen LogP contribution in [0.3, 0.4) is 0 Å². The van der Waals surface area contributed by atoms with Gasteiger partial charge in [0.25, 0.3) is 0 Å². The molecule has 0 unspecified atom stereocenters. The number of piperazine rings is 1. The predicted octanol–water partition coefficient (Wildman–Crippen LogP) is 1.07. The number of carbonyl (C=O) groups is 1. The topological polar surface area (TPSA) is 23.6 Å². The summed E-state index contributed by atoms with van der Waals surface area (Å²) in [7, 11) is 0. The molecule has 1 amide bonds. The van der Waals surface area contributed by atoms with Gasteiger partial charge in [0.2, 0.25) is 6.41 Å². The summed E-state index contributed by atoms with van der Waals surface area (Å²) in [5, 5.41) is 0. The quantitative estimate of drug-likeness (QED) is 0.607. The van der Waals surface area contributed by atoms with E-state index in [0.29, 0.717) is 0 Å². The van der Waals surface area contributed by atoms with Crippen molar-refractivity contribution in [3.63, 3.8) is 0 Å². The molecule has 13 heavy (non-hydrogen) atoms. The summed E-state index contributed by atoms with van der Waals surface area (Å²) >= 11 is 0. The van der Waals surface area contributed by atoms with Crippen LogP contribution < -0.4 is 0 Å². The number of rotatable bonds is 4. The van der Waals surface area contributed by atoms with Gasteiger partial charge in [0.05, 0.1) is 0 Å². The van der Waals surface area contributed by atoms with E-state index >= 15 is 0 Å². The fourth-order valence-corrected chi connectivity index (χ4v) is 1.59. The first-order valence-electron chi connectivity index (χ1n) is 4.90. The minimum Gasteiger partial charge on any atom is -0.372 e. The summed E-state index contributed by atoms with van der Waals surface area (Å²) in [6.07, 6.45) is 3.15. The van der Waals surface area contributed by atoms with Crippen molar-refractivity contribution in [2.75, 3.05) is 26.2 Å². The Morgan fingerprint density at radius 1 is 1.38 bits per heavy atom. The number of amides is 1. The number of hydrogen-bond acceptors (Lipinski definition) is 2. The van der Waals surface area contributed by atoms with Gasteiger partial charge in [0.1, 0.15) is 0 Å². The highest BCUT2D eigenvalue weighted by Crippen LogP contribution is 2.11. The Bertz CT molecular complexity index is 183. The van der Waals surface area contributed by atoms with Gasteiger partial charge in [-0.25, -0.2) is 0 Å². The summed E-state index contributed by atoms with van der Waals surface area (Å²) in [5.74, 6) is 0. The summed E-state index contributed by atoms with van der Waals surface area (Å²) in [4.78, 5) is 14.5. The molecule has 1 rings (SSSR count). The molecular weight excluding hydrogens is 164 g/mol. The maximum Gasteiger partial charge on any atom is 0.209 e. The van der Waals surface area contributed by atoms with E-state index in [9.17, 15) is 4.79 Å². The fourth-order valence-electron chi connectivity index (χ4n) is 1.59. The van der Waals surface area contributed by atoms with Gasteiger partial charge in [-0.15, -0.1) is 0 Å².